The molecule has 0 aliphatic carbocycles. The molecule has 11 heteroatoms. The highest BCUT2D eigenvalue weighted by molar-refractivity contribution is 5.16. The van der Waals surface area contributed by atoms with E-state index in [1.54, 1.807) is 30.3 Å². The van der Waals surface area contributed by atoms with Gasteiger partial charge in [-0.1, -0.05) is 30.3 Å². The molecule has 8 atom stereocenters. The molecule has 1 aromatic carbocycles. The molecule has 1 heterocycles. The Morgan fingerprint density at radius 1 is 1.00 bits per heavy atom. The summed E-state index contributed by atoms with van der Waals surface area (Å²) < 4.78 is 10.8. The van der Waals surface area contributed by atoms with Crippen molar-refractivity contribution >= 4 is 0 Å². The molecular formula is C19H28O11. The number of aliphatic hydroxyl groups excluding tert-OH is 9. The quantitative estimate of drug-likeness (QED) is 0.186. The summed E-state index contributed by atoms with van der Waals surface area (Å²) in [4.78, 5) is 0. The van der Waals surface area contributed by atoms with E-state index < -0.39 is 73.6 Å². The van der Waals surface area contributed by atoms with Gasteiger partial charge in [0.2, 0.25) is 0 Å². The maximum absolute atomic E-state index is 10.6. The largest absolute Gasteiger partial charge is 0.506 e. The lowest BCUT2D eigenvalue weighted by Crippen LogP contribution is -2.60. The lowest BCUT2D eigenvalue weighted by molar-refractivity contribution is -0.241. The van der Waals surface area contributed by atoms with Crippen molar-refractivity contribution in [3.8, 4) is 0 Å². The molecule has 1 aliphatic rings. The standard InChI is InChI=1S/C19H28O11/c20-6-10(22)12(23)14(25)15(26)16(27)19-17(28)18(13(24)11(7-21)30-19)29-8-9-4-2-1-3-5-9/h1-5,10-14,17-28H,6-8H2/t10-,11-,12-,13+,14+,17-,18+,19+/m1/s1. The summed E-state index contributed by atoms with van der Waals surface area (Å²) >= 11 is 0. The molecule has 30 heavy (non-hydrogen) atoms. The second-order valence-electron chi connectivity index (χ2n) is 6.98. The van der Waals surface area contributed by atoms with E-state index in [0.717, 1.165) is 5.56 Å². The maximum Gasteiger partial charge on any atom is 0.164 e. The molecule has 2 rings (SSSR count). The summed E-state index contributed by atoms with van der Waals surface area (Å²) in [6, 6.07) is 8.79. The van der Waals surface area contributed by atoms with Crippen LogP contribution in [0.15, 0.2) is 41.9 Å². The van der Waals surface area contributed by atoms with Gasteiger partial charge in [0.1, 0.15) is 48.8 Å². The Kier molecular flexibility index (Phi) is 8.97. The molecule has 0 radical (unpaired) electrons. The molecule has 11 nitrogen and oxygen atoms in total. The Labute approximate surface area is 172 Å². The predicted octanol–water partition coefficient (Wildman–Crippen LogP) is -2.54. The molecule has 0 aromatic heterocycles. The van der Waals surface area contributed by atoms with Gasteiger partial charge in [0, 0.05) is 0 Å². The number of benzene rings is 1. The number of hydrogen-bond donors (Lipinski definition) is 9. The van der Waals surface area contributed by atoms with Crippen LogP contribution < -0.4 is 0 Å². The molecule has 0 amide bonds. The third kappa shape index (κ3) is 5.46. The van der Waals surface area contributed by atoms with E-state index in [1.165, 1.54) is 0 Å². The molecular weight excluding hydrogens is 404 g/mol. The summed E-state index contributed by atoms with van der Waals surface area (Å²) in [7, 11) is 0. The average Bonchev–Trinajstić information content (AvgIpc) is 2.77. The molecule has 1 aromatic rings. The zero-order valence-electron chi connectivity index (χ0n) is 16.0. The second kappa shape index (κ2) is 11.0. The highest BCUT2D eigenvalue weighted by Gasteiger charge is 2.48. The Morgan fingerprint density at radius 2 is 1.63 bits per heavy atom. The van der Waals surface area contributed by atoms with Crippen molar-refractivity contribution in [2.45, 2.75) is 55.4 Å². The van der Waals surface area contributed by atoms with Crippen molar-refractivity contribution in [3.05, 3.63) is 47.4 Å². The minimum absolute atomic E-state index is 0.0228. The topological polar surface area (TPSA) is 201 Å². The number of ether oxygens (including phenoxy) is 2. The SMILES string of the molecule is OC[C@@H](O)[C@@H](O)[C@H](O)C(O)=C(O)[C@@H]1O[C@H](CO)[C@H](O)[C@H](OCc2ccccc2)[C@H]1O. The van der Waals surface area contributed by atoms with Crippen LogP contribution in [-0.2, 0) is 16.1 Å². The van der Waals surface area contributed by atoms with E-state index >= 15 is 0 Å². The van der Waals surface area contributed by atoms with Crippen LogP contribution in [0.1, 0.15) is 5.56 Å². The summed E-state index contributed by atoms with van der Waals surface area (Å²) in [5.74, 6) is -2.33. The smallest absolute Gasteiger partial charge is 0.164 e. The van der Waals surface area contributed by atoms with Crippen LogP contribution in [0.3, 0.4) is 0 Å². The van der Waals surface area contributed by atoms with Crippen LogP contribution in [0.5, 0.6) is 0 Å². The fraction of sp³-hybridized carbons (Fsp3) is 0.579. The van der Waals surface area contributed by atoms with Crippen molar-refractivity contribution in [1.29, 1.82) is 0 Å². The van der Waals surface area contributed by atoms with E-state index in [9.17, 15) is 40.9 Å². The Bertz CT molecular complexity index is 682. The number of aliphatic hydroxyl groups is 9. The molecule has 9 N–H and O–H groups in total. The van der Waals surface area contributed by atoms with Crippen LogP contribution >= 0.6 is 0 Å². The monoisotopic (exact) mass is 432 g/mol. The summed E-state index contributed by atoms with van der Waals surface area (Å²) in [6.45, 7) is -1.66. The Hall–Kier alpha value is -1.80. The lowest BCUT2D eigenvalue weighted by Gasteiger charge is -2.42. The highest BCUT2D eigenvalue weighted by atomic mass is 16.6. The highest BCUT2D eigenvalue weighted by Crippen LogP contribution is 2.29. The van der Waals surface area contributed by atoms with Crippen LogP contribution in [0, 0.1) is 0 Å². The maximum atomic E-state index is 10.6. The molecule has 1 saturated heterocycles. The Balaban J connectivity index is 2.23. The minimum atomic E-state index is -2.22. The van der Waals surface area contributed by atoms with Gasteiger partial charge in [0.25, 0.3) is 0 Å². The van der Waals surface area contributed by atoms with Crippen molar-refractivity contribution in [2.24, 2.45) is 0 Å². The first-order valence-corrected chi connectivity index (χ1v) is 9.27. The summed E-state index contributed by atoms with van der Waals surface area (Å²) in [6.07, 6.45) is -13.7. The Morgan fingerprint density at radius 3 is 2.20 bits per heavy atom. The first kappa shape index (κ1) is 24.5. The fourth-order valence-corrected chi connectivity index (χ4v) is 3.05. The fourth-order valence-electron chi connectivity index (χ4n) is 3.05. The molecule has 0 unspecified atom stereocenters. The zero-order valence-corrected chi connectivity index (χ0v) is 16.0. The first-order chi connectivity index (χ1) is 14.2. The second-order valence-corrected chi connectivity index (χ2v) is 6.98. The van der Waals surface area contributed by atoms with Gasteiger partial charge in [0.15, 0.2) is 11.5 Å². The average molecular weight is 432 g/mol. The minimum Gasteiger partial charge on any atom is -0.506 e. The molecule has 170 valence electrons. The van der Waals surface area contributed by atoms with Gasteiger partial charge in [-0.15, -0.1) is 0 Å². The van der Waals surface area contributed by atoms with Gasteiger partial charge in [-0.3, -0.25) is 0 Å². The van der Waals surface area contributed by atoms with Crippen LogP contribution in [0.4, 0.5) is 0 Å². The summed E-state index contributed by atoms with van der Waals surface area (Å²) in [5, 5.41) is 88.5. The van der Waals surface area contributed by atoms with Crippen LogP contribution in [0.25, 0.3) is 0 Å². The van der Waals surface area contributed by atoms with Crippen LogP contribution in [0.2, 0.25) is 0 Å². The normalized spacial score (nSPS) is 31.0. The van der Waals surface area contributed by atoms with Crippen molar-refractivity contribution < 1.29 is 55.4 Å². The lowest BCUT2D eigenvalue weighted by atomic mass is 9.92. The van der Waals surface area contributed by atoms with Crippen molar-refractivity contribution in [2.75, 3.05) is 13.2 Å². The van der Waals surface area contributed by atoms with E-state index in [2.05, 4.69) is 0 Å². The third-order valence-corrected chi connectivity index (χ3v) is 4.87. The van der Waals surface area contributed by atoms with Gasteiger partial charge in [-0.05, 0) is 5.56 Å². The first-order valence-electron chi connectivity index (χ1n) is 9.27. The zero-order chi connectivity index (χ0) is 22.4. The molecule has 1 fully saturated rings. The third-order valence-electron chi connectivity index (χ3n) is 4.87. The van der Waals surface area contributed by atoms with Gasteiger partial charge in [-0.25, -0.2) is 0 Å². The van der Waals surface area contributed by atoms with E-state index in [1.807, 2.05) is 0 Å². The van der Waals surface area contributed by atoms with E-state index in [0.29, 0.717) is 0 Å². The molecule has 1 aliphatic heterocycles. The predicted molar refractivity (Wildman–Crippen MR) is 100 cm³/mol. The molecule has 0 saturated carbocycles. The van der Waals surface area contributed by atoms with Gasteiger partial charge >= 0.3 is 0 Å². The van der Waals surface area contributed by atoms with Crippen LogP contribution in [-0.4, -0.2) is 108 Å². The van der Waals surface area contributed by atoms with Gasteiger partial charge in [-0.2, -0.15) is 0 Å². The number of rotatable bonds is 9. The van der Waals surface area contributed by atoms with E-state index in [-0.39, 0.29) is 6.61 Å². The van der Waals surface area contributed by atoms with E-state index in [4.69, 9.17) is 14.6 Å². The number of hydrogen-bond acceptors (Lipinski definition) is 11. The molecule has 0 spiro atoms. The van der Waals surface area contributed by atoms with Crippen molar-refractivity contribution in [1.82, 2.24) is 0 Å². The van der Waals surface area contributed by atoms with Crippen molar-refractivity contribution in [3.63, 3.8) is 0 Å². The summed E-state index contributed by atoms with van der Waals surface area (Å²) in [5.41, 5.74) is 0.722. The van der Waals surface area contributed by atoms with Gasteiger partial charge < -0.3 is 55.4 Å². The van der Waals surface area contributed by atoms with Gasteiger partial charge in [0.05, 0.1) is 19.8 Å². The molecule has 0 bridgehead atoms.